The minimum absolute atomic E-state index is 0.00119. The molecule has 0 fully saturated rings. The van der Waals surface area contributed by atoms with Crippen LogP contribution >= 0.6 is 0 Å². The fourth-order valence-corrected chi connectivity index (χ4v) is 5.82. The molecule has 4 rings (SSSR count). The van der Waals surface area contributed by atoms with Gasteiger partial charge in [0.15, 0.2) is 9.84 Å². The molecule has 0 radical (unpaired) electrons. The topological polar surface area (TPSA) is 94.4 Å². The van der Waals surface area contributed by atoms with E-state index < -0.39 is 15.8 Å². The van der Waals surface area contributed by atoms with Crippen LogP contribution in [0.2, 0.25) is 0 Å². The van der Waals surface area contributed by atoms with Crippen LogP contribution in [0.25, 0.3) is 10.9 Å². The second kappa shape index (κ2) is 8.44. The summed E-state index contributed by atoms with van der Waals surface area (Å²) in [4.78, 5) is 23.6. The van der Waals surface area contributed by atoms with Gasteiger partial charge >= 0.3 is 5.97 Å². The molecule has 0 N–H and O–H groups in total. The molecular formula is C24H30N4O4S. The Labute approximate surface area is 194 Å². The molecule has 8 nitrogen and oxygen atoms in total. The highest BCUT2D eigenvalue weighted by Crippen LogP contribution is 2.39. The molecule has 1 atom stereocenters. The smallest absolute Gasteiger partial charge is 0.341 e. The first-order chi connectivity index (χ1) is 15.6. The zero-order valence-electron chi connectivity index (χ0n) is 19.9. The van der Waals surface area contributed by atoms with Crippen LogP contribution in [0.5, 0.6) is 0 Å². The summed E-state index contributed by atoms with van der Waals surface area (Å²) in [6.07, 6.45) is 3.44. The Kier molecular flexibility index (Phi) is 5.94. The normalized spacial score (nSPS) is 16.3. The van der Waals surface area contributed by atoms with Crippen molar-refractivity contribution in [1.82, 2.24) is 14.5 Å². The van der Waals surface area contributed by atoms with Crippen molar-refractivity contribution in [3.05, 3.63) is 46.9 Å². The third kappa shape index (κ3) is 3.99. The average Bonchev–Trinajstić information content (AvgIpc) is 3.13. The van der Waals surface area contributed by atoms with E-state index in [-0.39, 0.29) is 12.0 Å². The monoisotopic (exact) mass is 470 g/mol. The largest absolute Gasteiger partial charge is 0.465 e. The SMILES string of the molecule is CCc1cc2cc3n(c2cc1S(C)(=O)=O)CCN(c1ncc(C(=O)OC)c(C)n1)[C@@H]3C(C)C. The third-order valence-electron chi connectivity index (χ3n) is 6.36. The summed E-state index contributed by atoms with van der Waals surface area (Å²) < 4.78 is 31.9. The van der Waals surface area contributed by atoms with Gasteiger partial charge in [-0.05, 0) is 43.0 Å². The maximum absolute atomic E-state index is 12.4. The van der Waals surface area contributed by atoms with Crippen molar-refractivity contribution in [3.63, 3.8) is 0 Å². The Morgan fingerprint density at radius 1 is 1.24 bits per heavy atom. The fraction of sp³-hybridized carbons (Fsp3) is 0.458. The van der Waals surface area contributed by atoms with Gasteiger partial charge in [0.05, 0.1) is 29.3 Å². The van der Waals surface area contributed by atoms with Gasteiger partial charge in [0.1, 0.15) is 0 Å². The van der Waals surface area contributed by atoms with Crippen molar-refractivity contribution in [2.75, 3.05) is 24.8 Å². The number of aryl methyl sites for hydroxylation is 2. The zero-order chi connectivity index (χ0) is 24.1. The molecule has 0 amide bonds. The second-order valence-corrected chi connectivity index (χ2v) is 10.9. The number of ether oxygens (including phenoxy) is 1. The van der Waals surface area contributed by atoms with Crippen LogP contribution in [0, 0.1) is 12.8 Å². The van der Waals surface area contributed by atoms with E-state index in [4.69, 9.17) is 4.74 Å². The number of aromatic nitrogens is 3. The van der Waals surface area contributed by atoms with E-state index in [0.29, 0.717) is 41.6 Å². The lowest BCUT2D eigenvalue weighted by Gasteiger charge is -2.39. The first kappa shape index (κ1) is 23.2. The summed E-state index contributed by atoms with van der Waals surface area (Å²) in [5.74, 6) is 0.366. The van der Waals surface area contributed by atoms with Crippen LogP contribution in [0.1, 0.15) is 54.1 Å². The Morgan fingerprint density at radius 2 is 1.97 bits per heavy atom. The van der Waals surface area contributed by atoms with Gasteiger partial charge in [-0.1, -0.05) is 20.8 Å². The number of hydrogen-bond donors (Lipinski definition) is 0. The van der Waals surface area contributed by atoms with E-state index >= 15 is 0 Å². The van der Waals surface area contributed by atoms with Gasteiger partial charge in [-0.25, -0.2) is 23.2 Å². The second-order valence-electron chi connectivity index (χ2n) is 8.91. The molecule has 0 spiro atoms. The Balaban J connectivity index is 1.84. The number of nitrogens with zero attached hydrogens (tertiary/aromatic N) is 4. The van der Waals surface area contributed by atoms with Crippen molar-refractivity contribution in [3.8, 4) is 0 Å². The summed E-state index contributed by atoms with van der Waals surface area (Å²) in [5.41, 5.74) is 3.81. The Morgan fingerprint density at radius 3 is 2.55 bits per heavy atom. The number of benzene rings is 1. The predicted octanol–water partition coefficient (Wildman–Crippen LogP) is 3.71. The molecule has 0 aliphatic carbocycles. The fourth-order valence-electron chi connectivity index (χ4n) is 4.81. The van der Waals surface area contributed by atoms with Gasteiger partial charge < -0.3 is 14.2 Å². The van der Waals surface area contributed by atoms with Gasteiger partial charge in [0.25, 0.3) is 0 Å². The molecule has 0 unspecified atom stereocenters. The Hall–Kier alpha value is -2.94. The highest BCUT2D eigenvalue weighted by atomic mass is 32.2. The number of esters is 1. The van der Waals surface area contributed by atoms with Crippen LogP contribution in [-0.4, -0.2) is 48.8 Å². The lowest BCUT2D eigenvalue weighted by Crippen LogP contribution is -2.41. The summed E-state index contributed by atoms with van der Waals surface area (Å²) in [6, 6.07) is 5.99. The zero-order valence-corrected chi connectivity index (χ0v) is 20.7. The molecule has 1 aliphatic rings. The minimum atomic E-state index is -3.32. The van der Waals surface area contributed by atoms with E-state index in [9.17, 15) is 13.2 Å². The molecule has 0 saturated heterocycles. The van der Waals surface area contributed by atoms with Gasteiger partial charge in [-0.3, -0.25) is 0 Å². The number of rotatable bonds is 5. The first-order valence-corrected chi connectivity index (χ1v) is 13.0. The lowest BCUT2D eigenvalue weighted by atomic mass is 9.97. The van der Waals surface area contributed by atoms with Crippen molar-refractivity contribution < 1.29 is 17.9 Å². The predicted molar refractivity (Wildman–Crippen MR) is 127 cm³/mol. The standard InChI is InChI=1S/C24H30N4O4S/c1-7-16-10-17-11-20-22(14(2)3)28(24-25-13-18(15(4)26-24)23(29)32-5)9-8-27(20)19(17)12-21(16)33(6,30)31/h10-14,22H,7-9H2,1-6H3/t22-/m1/s1. The highest BCUT2D eigenvalue weighted by Gasteiger charge is 2.34. The molecule has 0 saturated carbocycles. The summed E-state index contributed by atoms with van der Waals surface area (Å²) in [7, 11) is -1.98. The number of fused-ring (bicyclic) bond motifs is 3. The van der Waals surface area contributed by atoms with E-state index in [2.05, 4.69) is 39.3 Å². The molecule has 1 aromatic carbocycles. The van der Waals surface area contributed by atoms with Gasteiger partial charge in [0, 0.05) is 42.1 Å². The minimum Gasteiger partial charge on any atom is -0.465 e. The first-order valence-electron chi connectivity index (χ1n) is 11.1. The summed E-state index contributed by atoms with van der Waals surface area (Å²) >= 11 is 0. The number of methoxy groups -OCH3 is 1. The highest BCUT2D eigenvalue weighted by molar-refractivity contribution is 7.90. The Bertz CT molecular complexity index is 1340. The molecule has 3 heterocycles. The van der Waals surface area contributed by atoms with Crippen LogP contribution in [0.3, 0.4) is 0 Å². The van der Waals surface area contributed by atoms with E-state index in [0.717, 1.165) is 22.2 Å². The molecule has 1 aliphatic heterocycles. The molecule has 33 heavy (non-hydrogen) atoms. The number of anilines is 1. The van der Waals surface area contributed by atoms with Crippen molar-refractivity contribution in [2.45, 2.75) is 51.6 Å². The molecule has 2 aromatic heterocycles. The maximum Gasteiger partial charge on any atom is 0.341 e. The van der Waals surface area contributed by atoms with Crippen molar-refractivity contribution >= 4 is 32.7 Å². The molecular weight excluding hydrogens is 440 g/mol. The van der Waals surface area contributed by atoms with Gasteiger partial charge in [-0.15, -0.1) is 0 Å². The number of sulfone groups is 1. The summed E-state index contributed by atoms with van der Waals surface area (Å²) in [5, 5.41) is 1.04. The van der Waals surface area contributed by atoms with Gasteiger partial charge in [-0.2, -0.15) is 0 Å². The number of carbonyl (C=O) groups is 1. The van der Waals surface area contributed by atoms with E-state index in [1.165, 1.54) is 19.6 Å². The van der Waals surface area contributed by atoms with Crippen LogP contribution in [-0.2, 0) is 27.5 Å². The molecule has 176 valence electrons. The number of hydrogen-bond acceptors (Lipinski definition) is 7. The van der Waals surface area contributed by atoms with Crippen molar-refractivity contribution in [1.29, 1.82) is 0 Å². The molecule has 0 bridgehead atoms. The van der Waals surface area contributed by atoms with Crippen LogP contribution < -0.4 is 4.90 Å². The average molecular weight is 471 g/mol. The van der Waals surface area contributed by atoms with Crippen molar-refractivity contribution in [2.24, 2.45) is 5.92 Å². The molecule has 3 aromatic rings. The van der Waals surface area contributed by atoms with E-state index in [1.54, 1.807) is 6.92 Å². The van der Waals surface area contributed by atoms with E-state index in [1.807, 2.05) is 19.1 Å². The number of carbonyl (C=O) groups excluding carboxylic acids is 1. The lowest BCUT2D eigenvalue weighted by molar-refractivity contribution is 0.0599. The maximum atomic E-state index is 12.4. The van der Waals surface area contributed by atoms with Crippen LogP contribution in [0.4, 0.5) is 5.95 Å². The summed E-state index contributed by atoms with van der Waals surface area (Å²) in [6.45, 7) is 9.41. The molecule has 9 heteroatoms. The van der Waals surface area contributed by atoms with Gasteiger partial charge in [0.2, 0.25) is 5.95 Å². The van der Waals surface area contributed by atoms with Crippen LogP contribution in [0.15, 0.2) is 29.3 Å². The third-order valence-corrected chi connectivity index (χ3v) is 7.54. The quantitative estimate of drug-likeness (QED) is 0.525.